The average molecular weight is 227 g/mol. The topological polar surface area (TPSA) is 30.5 Å². The van der Waals surface area contributed by atoms with Crippen LogP contribution in [0, 0.1) is 0 Å². The number of nitrogens with one attached hydrogen (secondary N) is 1. The predicted molar refractivity (Wildman–Crippen MR) is 54.5 cm³/mol. The number of fused-ring (bicyclic) bond motifs is 1. The normalized spacial score (nSPS) is 15.9. The van der Waals surface area contributed by atoms with Crippen molar-refractivity contribution in [1.29, 1.82) is 0 Å². The van der Waals surface area contributed by atoms with Crippen LogP contribution in [0.2, 0.25) is 0 Å². The second-order valence-electron chi connectivity index (χ2n) is 3.36. The molecule has 0 unspecified atom stereocenters. The Morgan fingerprint density at radius 1 is 1.31 bits per heavy atom. The Hall–Kier alpha value is -1.78. The molecule has 1 heterocycles. The van der Waals surface area contributed by atoms with Gasteiger partial charge in [-0.3, -0.25) is 0 Å². The van der Waals surface area contributed by atoms with Gasteiger partial charge < -0.3 is 14.8 Å². The molecule has 1 aliphatic heterocycles. The molecule has 0 amide bonds. The van der Waals surface area contributed by atoms with Crippen molar-refractivity contribution in [3.8, 4) is 11.5 Å². The van der Waals surface area contributed by atoms with Crippen molar-refractivity contribution in [2.24, 2.45) is 0 Å². The van der Waals surface area contributed by atoms with Crippen LogP contribution in [-0.4, -0.2) is 12.8 Å². The first-order valence-electron chi connectivity index (χ1n) is 4.84. The van der Waals surface area contributed by atoms with Gasteiger partial charge in [0.2, 0.25) is 0 Å². The van der Waals surface area contributed by atoms with E-state index >= 15 is 0 Å². The first-order valence-corrected chi connectivity index (χ1v) is 4.84. The van der Waals surface area contributed by atoms with E-state index in [4.69, 9.17) is 0 Å². The summed E-state index contributed by atoms with van der Waals surface area (Å²) in [5, 5.41) is 2.92. The average Bonchev–Trinajstić information content (AvgIpc) is 2.51. The van der Waals surface area contributed by atoms with Crippen molar-refractivity contribution >= 4 is 0 Å². The maximum absolute atomic E-state index is 12.7. The van der Waals surface area contributed by atoms with Crippen molar-refractivity contribution in [3.63, 3.8) is 0 Å². The van der Waals surface area contributed by atoms with Crippen LogP contribution in [0.15, 0.2) is 31.0 Å². The van der Waals surface area contributed by atoms with E-state index in [0.29, 0.717) is 13.0 Å². The lowest BCUT2D eigenvalue weighted by molar-refractivity contribution is -0.286. The molecule has 0 spiro atoms. The molecule has 1 aliphatic rings. The van der Waals surface area contributed by atoms with Gasteiger partial charge in [0.25, 0.3) is 0 Å². The van der Waals surface area contributed by atoms with E-state index in [1.54, 1.807) is 18.3 Å². The summed E-state index contributed by atoms with van der Waals surface area (Å²) >= 11 is 0. The number of halogens is 2. The van der Waals surface area contributed by atoms with Crippen LogP contribution in [0.25, 0.3) is 0 Å². The van der Waals surface area contributed by atoms with Crippen molar-refractivity contribution in [2.45, 2.75) is 12.7 Å². The highest BCUT2D eigenvalue weighted by atomic mass is 19.3. The van der Waals surface area contributed by atoms with E-state index in [9.17, 15) is 8.78 Å². The number of hydrogen-bond donors (Lipinski definition) is 1. The SMILES string of the molecule is C=CNCCc1ccc2c(c1)OC(F)(F)O2. The maximum atomic E-state index is 12.7. The van der Waals surface area contributed by atoms with E-state index < -0.39 is 6.29 Å². The van der Waals surface area contributed by atoms with Gasteiger partial charge in [0.1, 0.15) is 0 Å². The van der Waals surface area contributed by atoms with Crippen LogP contribution in [0.1, 0.15) is 5.56 Å². The van der Waals surface area contributed by atoms with E-state index in [1.165, 1.54) is 6.07 Å². The molecule has 0 radical (unpaired) electrons. The number of benzene rings is 1. The number of ether oxygens (including phenoxy) is 2. The minimum absolute atomic E-state index is 0.0745. The molecular weight excluding hydrogens is 216 g/mol. The lowest BCUT2D eigenvalue weighted by atomic mass is 10.1. The van der Waals surface area contributed by atoms with E-state index in [1.807, 2.05) is 0 Å². The monoisotopic (exact) mass is 227 g/mol. The van der Waals surface area contributed by atoms with Crippen LogP contribution in [-0.2, 0) is 6.42 Å². The molecule has 1 aromatic carbocycles. The summed E-state index contributed by atoms with van der Waals surface area (Å²) in [6, 6.07) is 4.77. The Morgan fingerprint density at radius 3 is 2.81 bits per heavy atom. The van der Waals surface area contributed by atoms with E-state index in [-0.39, 0.29) is 11.5 Å². The molecule has 86 valence electrons. The largest absolute Gasteiger partial charge is 0.586 e. The third-order valence-corrected chi connectivity index (χ3v) is 2.17. The summed E-state index contributed by atoms with van der Waals surface area (Å²) in [7, 11) is 0. The van der Waals surface area contributed by atoms with Gasteiger partial charge in [0.05, 0.1) is 0 Å². The fraction of sp³-hybridized carbons (Fsp3) is 0.273. The van der Waals surface area contributed by atoms with Crippen molar-refractivity contribution in [1.82, 2.24) is 5.32 Å². The molecule has 0 fully saturated rings. The van der Waals surface area contributed by atoms with Gasteiger partial charge in [-0.2, -0.15) is 0 Å². The van der Waals surface area contributed by atoms with Gasteiger partial charge in [-0.1, -0.05) is 12.6 Å². The van der Waals surface area contributed by atoms with Crippen molar-refractivity contribution < 1.29 is 18.3 Å². The molecule has 0 aromatic heterocycles. The summed E-state index contributed by atoms with van der Waals surface area (Å²) in [6.07, 6.45) is -1.25. The van der Waals surface area contributed by atoms with Gasteiger partial charge >= 0.3 is 6.29 Å². The standard InChI is InChI=1S/C11H11F2NO2/c1-2-14-6-5-8-3-4-9-10(7-8)16-11(12,13)15-9/h2-4,7,14H,1,5-6H2. The Kier molecular flexibility index (Phi) is 2.68. The zero-order valence-corrected chi connectivity index (χ0v) is 8.50. The fourth-order valence-electron chi connectivity index (χ4n) is 1.47. The molecule has 0 aliphatic carbocycles. The van der Waals surface area contributed by atoms with Crippen molar-refractivity contribution in [2.75, 3.05) is 6.54 Å². The second kappa shape index (κ2) is 4.00. The molecular formula is C11H11F2NO2. The molecule has 2 rings (SSSR count). The molecule has 1 aromatic rings. The molecule has 16 heavy (non-hydrogen) atoms. The summed E-state index contributed by atoms with van der Waals surface area (Å²) < 4.78 is 34.0. The third-order valence-electron chi connectivity index (χ3n) is 2.17. The lowest BCUT2D eigenvalue weighted by Gasteiger charge is -2.04. The smallest absolute Gasteiger partial charge is 0.395 e. The predicted octanol–water partition coefficient (Wildman–Crippen LogP) is 2.28. The highest BCUT2D eigenvalue weighted by Crippen LogP contribution is 2.41. The lowest BCUT2D eigenvalue weighted by Crippen LogP contribution is -2.25. The van der Waals surface area contributed by atoms with Crippen LogP contribution < -0.4 is 14.8 Å². The molecule has 5 heteroatoms. The van der Waals surface area contributed by atoms with Gasteiger partial charge in [0, 0.05) is 6.54 Å². The van der Waals surface area contributed by atoms with E-state index in [0.717, 1.165) is 5.56 Å². The number of hydrogen-bond acceptors (Lipinski definition) is 3. The highest BCUT2D eigenvalue weighted by molar-refractivity contribution is 5.45. The summed E-state index contributed by atoms with van der Waals surface area (Å²) in [5.74, 6) is 0.159. The van der Waals surface area contributed by atoms with Crippen LogP contribution in [0.4, 0.5) is 8.78 Å². The molecule has 0 bridgehead atoms. The van der Waals surface area contributed by atoms with E-state index in [2.05, 4.69) is 21.4 Å². The molecule has 0 atom stereocenters. The number of rotatable bonds is 4. The Morgan fingerprint density at radius 2 is 2.06 bits per heavy atom. The van der Waals surface area contributed by atoms with Crippen LogP contribution in [0.3, 0.4) is 0 Å². The molecule has 0 saturated heterocycles. The zero-order chi connectivity index (χ0) is 11.6. The molecule has 0 saturated carbocycles. The zero-order valence-electron chi connectivity index (χ0n) is 8.50. The molecule has 3 nitrogen and oxygen atoms in total. The quantitative estimate of drug-likeness (QED) is 0.800. The Labute approximate surface area is 91.7 Å². The fourth-order valence-corrected chi connectivity index (χ4v) is 1.47. The van der Waals surface area contributed by atoms with Gasteiger partial charge in [-0.15, -0.1) is 8.78 Å². The molecule has 1 N–H and O–H groups in total. The maximum Gasteiger partial charge on any atom is 0.586 e. The van der Waals surface area contributed by atoms with Gasteiger partial charge in [-0.25, -0.2) is 0 Å². The third kappa shape index (κ3) is 2.24. The van der Waals surface area contributed by atoms with Gasteiger partial charge in [-0.05, 0) is 30.3 Å². The minimum atomic E-state index is -3.54. The van der Waals surface area contributed by atoms with Crippen LogP contribution in [0.5, 0.6) is 11.5 Å². The Bertz CT molecular complexity index is 407. The second-order valence-corrected chi connectivity index (χ2v) is 3.36. The van der Waals surface area contributed by atoms with Crippen molar-refractivity contribution in [3.05, 3.63) is 36.5 Å². The highest BCUT2D eigenvalue weighted by Gasteiger charge is 2.43. The summed E-state index contributed by atoms with van der Waals surface area (Å²) in [5.41, 5.74) is 0.898. The van der Waals surface area contributed by atoms with Gasteiger partial charge in [0.15, 0.2) is 11.5 Å². The first kappa shape index (κ1) is 10.7. The summed E-state index contributed by atoms with van der Waals surface area (Å²) in [4.78, 5) is 0. The summed E-state index contributed by atoms with van der Waals surface area (Å²) in [6.45, 7) is 4.21. The first-order chi connectivity index (χ1) is 7.61. The Balaban J connectivity index is 2.07. The minimum Gasteiger partial charge on any atom is -0.395 e. The number of alkyl halides is 2. The van der Waals surface area contributed by atoms with Crippen LogP contribution >= 0.6 is 0 Å².